The minimum absolute atomic E-state index is 0.0352. The zero-order valence-electron chi connectivity index (χ0n) is 23.1. The van der Waals surface area contributed by atoms with Crippen LogP contribution < -0.4 is 14.2 Å². The van der Waals surface area contributed by atoms with Gasteiger partial charge in [-0.05, 0) is 79.4 Å². The highest BCUT2D eigenvalue weighted by atomic mass is 16.5. The molecule has 2 aliphatic rings. The highest BCUT2D eigenvalue weighted by molar-refractivity contribution is 6.46. The summed E-state index contributed by atoms with van der Waals surface area (Å²) in [6.07, 6.45) is 5.93. The van der Waals surface area contributed by atoms with Crippen molar-refractivity contribution in [2.45, 2.75) is 58.7 Å². The number of benzene rings is 2. The second-order valence-electron chi connectivity index (χ2n) is 10.1. The second-order valence-corrected chi connectivity index (χ2v) is 10.1. The van der Waals surface area contributed by atoms with E-state index in [0.717, 1.165) is 29.7 Å². The fourth-order valence-corrected chi connectivity index (χ4v) is 5.21. The lowest BCUT2D eigenvalue weighted by molar-refractivity contribution is -0.140. The summed E-state index contributed by atoms with van der Waals surface area (Å²) in [5, 5.41) is 11.6. The van der Waals surface area contributed by atoms with Crippen LogP contribution in [0.3, 0.4) is 0 Å². The molecule has 3 heterocycles. The van der Waals surface area contributed by atoms with Crippen molar-refractivity contribution in [3.8, 4) is 17.2 Å². The van der Waals surface area contributed by atoms with Crippen molar-refractivity contribution < 1.29 is 28.9 Å². The first-order valence-corrected chi connectivity index (χ1v) is 13.8. The Morgan fingerprint density at radius 2 is 1.85 bits per heavy atom. The van der Waals surface area contributed by atoms with Gasteiger partial charge in [0.05, 0.1) is 24.8 Å². The molecular weight excluding hydrogens is 508 g/mol. The molecule has 5 rings (SSSR count). The SMILES string of the molecule is CCCCOc1ccc([C@@H]2C(=C(O)c3ccc4c(c3)C[C@@H](C)O4)C(=O)C(=O)N2Cc2ccncc2)cc1OCC. The van der Waals surface area contributed by atoms with Gasteiger partial charge in [0.15, 0.2) is 11.5 Å². The molecule has 2 aliphatic heterocycles. The molecule has 208 valence electrons. The van der Waals surface area contributed by atoms with Crippen LogP contribution in [0.2, 0.25) is 0 Å². The van der Waals surface area contributed by atoms with Crippen molar-refractivity contribution in [2.75, 3.05) is 13.2 Å². The molecule has 0 bridgehead atoms. The molecule has 1 aromatic heterocycles. The summed E-state index contributed by atoms with van der Waals surface area (Å²) in [5.41, 5.74) is 2.90. The number of likely N-dealkylation sites (tertiary alicyclic amines) is 1. The van der Waals surface area contributed by atoms with Gasteiger partial charge in [0.25, 0.3) is 11.7 Å². The van der Waals surface area contributed by atoms with E-state index < -0.39 is 17.7 Å². The summed E-state index contributed by atoms with van der Waals surface area (Å²) >= 11 is 0. The number of amides is 1. The van der Waals surface area contributed by atoms with E-state index in [4.69, 9.17) is 14.2 Å². The Kier molecular flexibility index (Phi) is 8.05. The Balaban J connectivity index is 1.61. The Hall–Kier alpha value is -4.33. The maximum absolute atomic E-state index is 13.5. The minimum Gasteiger partial charge on any atom is -0.507 e. The van der Waals surface area contributed by atoms with Crippen LogP contribution in [0.1, 0.15) is 61.9 Å². The number of aromatic nitrogens is 1. The number of fused-ring (bicyclic) bond motifs is 1. The Bertz CT molecular complexity index is 1430. The van der Waals surface area contributed by atoms with Crippen molar-refractivity contribution in [1.82, 2.24) is 9.88 Å². The maximum Gasteiger partial charge on any atom is 0.295 e. The zero-order chi connectivity index (χ0) is 28.2. The molecule has 3 aromatic rings. The van der Waals surface area contributed by atoms with Crippen LogP contribution in [0.25, 0.3) is 5.76 Å². The average Bonchev–Trinajstić information content (AvgIpc) is 3.45. The van der Waals surface area contributed by atoms with Gasteiger partial charge in [-0.1, -0.05) is 19.4 Å². The zero-order valence-corrected chi connectivity index (χ0v) is 23.1. The fraction of sp³-hybridized carbons (Fsp3) is 0.344. The van der Waals surface area contributed by atoms with E-state index in [1.165, 1.54) is 4.90 Å². The predicted molar refractivity (Wildman–Crippen MR) is 150 cm³/mol. The van der Waals surface area contributed by atoms with Gasteiger partial charge in [-0.3, -0.25) is 14.6 Å². The molecule has 0 spiro atoms. The van der Waals surface area contributed by atoms with Crippen LogP contribution in [-0.4, -0.2) is 46.0 Å². The van der Waals surface area contributed by atoms with Gasteiger partial charge in [0.2, 0.25) is 0 Å². The largest absolute Gasteiger partial charge is 0.507 e. The van der Waals surface area contributed by atoms with Gasteiger partial charge < -0.3 is 24.2 Å². The highest BCUT2D eigenvalue weighted by Crippen LogP contribution is 2.43. The number of nitrogens with zero attached hydrogens (tertiary/aromatic N) is 2. The van der Waals surface area contributed by atoms with E-state index in [9.17, 15) is 14.7 Å². The van der Waals surface area contributed by atoms with E-state index in [2.05, 4.69) is 11.9 Å². The summed E-state index contributed by atoms with van der Waals surface area (Å²) in [7, 11) is 0. The van der Waals surface area contributed by atoms with Gasteiger partial charge in [0, 0.05) is 30.9 Å². The number of carbonyl (C=O) groups is 2. The lowest BCUT2D eigenvalue weighted by Crippen LogP contribution is -2.29. The van der Waals surface area contributed by atoms with Crippen LogP contribution in [-0.2, 0) is 22.6 Å². The molecule has 0 radical (unpaired) electrons. The number of aliphatic hydroxyl groups excluding tert-OH is 1. The van der Waals surface area contributed by atoms with E-state index in [0.29, 0.717) is 42.3 Å². The van der Waals surface area contributed by atoms with E-state index in [-0.39, 0.29) is 24.0 Å². The number of ether oxygens (including phenoxy) is 3. The maximum atomic E-state index is 13.5. The number of Topliss-reactive ketones (excluding diaryl/α,β-unsaturated/α-hetero) is 1. The molecule has 1 saturated heterocycles. The van der Waals surface area contributed by atoms with Crippen molar-refractivity contribution in [3.05, 3.63) is 88.8 Å². The molecule has 1 fully saturated rings. The highest BCUT2D eigenvalue weighted by Gasteiger charge is 2.46. The van der Waals surface area contributed by atoms with Crippen molar-refractivity contribution in [1.29, 1.82) is 0 Å². The van der Waals surface area contributed by atoms with Crippen LogP contribution in [0.4, 0.5) is 0 Å². The number of pyridine rings is 1. The average molecular weight is 543 g/mol. The predicted octanol–water partition coefficient (Wildman–Crippen LogP) is 5.60. The summed E-state index contributed by atoms with van der Waals surface area (Å²) in [6.45, 7) is 7.10. The third kappa shape index (κ3) is 5.39. The summed E-state index contributed by atoms with van der Waals surface area (Å²) in [6, 6.07) is 13.5. The Labute approximate surface area is 234 Å². The monoisotopic (exact) mass is 542 g/mol. The minimum atomic E-state index is -0.833. The summed E-state index contributed by atoms with van der Waals surface area (Å²) in [5.74, 6) is 0.251. The van der Waals surface area contributed by atoms with Crippen molar-refractivity contribution in [2.24, 2.45) is 0 Å². The molecule has 0 aliphatic carbocycles. The third-order valence-electron chi connectivity index (χ3n) is 7.15. The molecular formula is C32H34N2O6. The molecule has 2 atom stereocenters. The standard InChI is InChI=1S/C32H34N2O6/c1-4-6-15-39-26-10-7-22(18-27(26)38-5-2)29-28(30(35)23-8-9-25-24(17-23)16-20(3)40-25)31(36)32(37)34(29)19-21-11-13-33-14-12-21/h7-14,17-18,20,29,35H,4-6,15-16,19H2,1-3H3/t20-,29-/m1/s1. The van der Waals surface area contributed by atoms with Gasteiger partial charge in [-0.15, -0.1) is 0 Å². The third-order valence-corrected chi connectivity index (χ3v) is 7.15. The van der Waals surface area contributed by atoms with Crippen LogP contribution >= 0.6 is 0 Å². The van der Waals surface area contributed by atoms with E-state index in [1.807, 2.05) is 26.0 Å². The molecule has 0 saturated carbocycles. The van der Waals surface area contributed by atoms with Crippen molar-refractivity contribution in [3.63, 3.8) is 0 Å². The molecule has 2 aromatic carbocycles. The molecule has 1 N–H and O–H groups in total. The summed E-state index contributed by atoms with van der Waals surface area (Å²) < 4.78 is 17.7. The molecule has 40 heavy (non-hydrogen) atoms. The lowest BCUT2D eigenvalue weighted by Gasteiger charge is -2.26. The molecule has 1 amide bonds. The first kappa shape index (κ1) is 27.2. The Morgan fingerprint density at radius 3 is 2.60 bits per heavy atom. The van der Waals surface area contributed by atoms with Gasteiger partial charge in [0.1, 0.15) is 17.6 Å². The Morgan fingerprint density at radius 1 is 1.05 bits per heavy atom. The molecule has 8 heteroatoms. The van der Waals surface area contributed by atoms with Gasteiger partial charge in [-0.2, -0.15) is 0 Å². The van der Waals surface area contributed by atoms with Crippen LogP contribution in [0.5, 0.6) is 17.2 Å². The van der Waals surface area contributed by atoms with Crippen molar-refractivity contribution >= 4 is 17.4 Å². The quantitative estimate of drug-likeness (QED) is 0.154. The van der Waals surface area contributed by atoms with Crippen LogP contribution in [0.15, 0.2) is 66.5 Å². The summed E-state index contributed by atoms with van der Waals surface area (Å²) in [4.78, 5) is 32.6. The lowest BCUT2D eigenvalue weighted by atomic mass is 9.94. The number of rotatable bonds is 10. The number of unbranched alkanes of at least 4 members (excludes halogenated alkanes) is 1. The molecule has 0 unspecified atom stereocenters. The smallest absolute Gasteiger partial charge is 0.295 e. The first-order chi connectivity index (χ1) is 19.4. The number of aliphatic hydroxyl groups is 1. The normalized spacial score (nSPS) is 19.4. The fourth-order valence-electron chi connectivity index (χ4n) is 5.21. The number of carbonyl (C=O) groups excluding carboxylic acids is 2. The molecule has 8 nitrogen and oxygen atoms in total. The topological polar surface area (TPSA) is 98.2 Å². The van der Waals surface area contributed by atoms with Gasteiger partial charge in [-0.25, -0.2) is 0 Å². The number of hydrogen-bond donors (Lipinski definition) is 1. The number of ketones is 1. The first-order valence-electron chi connectivity index (χ1n) is 13.8. The van der Waals surface area contributed by atoms with Gasteiger partial charge >= 0.3 is 0 Å². The van der Waals surface area contributed by atoms with E-state index >= 15 is 0 Å². The van der Waals surface area contributed by atoms with Crippen LogP contribution in [0, 0.1) is 0 Å². The second kappa shape index (κ2) is 11.8. The van der Waals surface area contributed by atoms with E-state index in [1.54, 1.807) is 48.8 Å². The number of hydrogen-bond acceptors (Lipinski definition) is 7.